The topological polar surface area (TPSA) is 71.1 Å². The Bertz CT molecular complexity index is 828. The zero-order valence-electron chi connectivity index (χ0n) is 14.5. The molecule has 0 bridgehead atoms. The Morgan fingerprint density at radius 3 is 2.68 bits per heavy atom. The molecule has 0 unspecified atom stereocenters. The summed E-state index contributed by atoms with van der Waals surface area (Å²) < 4.78 is 40.5. The van der Waals surface area contributed by atoms with Gasteiger partial charge < -0.3 is 5.32 Å². The van der Waals surface area contributed by atoms with Crippen molar-refractivity contribution in [1.82, 2.24) is 9.71 Å². The van der Waals surface area contributed by atoms with Crippen LogP contribution in [0.2, 0.25) is 0 Å². The summed E-state index contributed by atoms with van der Waals surface area (Å²) in [7, 11) is -3.18. The maximum Gasteiger partial charge on any atom is 0.213 e. The minimum Gasteiger partial charge on any atom is -0.359 e. The molecule has 0 amide bonds. The summed E-state index contributed by atoms with van der Waals surface area (Å²) in [6.07, 6.45) is 3.94. The standard InChI is InChI=1S/C17H24FN3O2S2/c1-11(2)25(22,23)19-10-12-3-6-14(7-4-12)20-17-21-15-8-5-13(18)9-16(15)24-17/h5,8-9,11-12,14,19H,3-4,6-7,10H2,1-2H3,(H,20,21)/t12-,14+. The number of nitrogens with zero attached hydrogens (tertiary/aromatic N) is 1. The molecule has 1 aliphatic carbocycles. The van der Waals surface area contributed by atoms with Crippen molar-refractivity contribution >= 4 is 36.7 Å². The zero-order valence-corrected chi connectivity index (χ0v) is 16.1. The van der Waals surface area contributed by atoms with E-state index in [-0.39, 0.29) is 5.82 Å². The third kappa shape index (κ3) is 4.68. The predicted molar refractivity (Wildman–Crippen MR) is 101 cm³/mol. The van der Waals surface area contributed by atoms with Gasteiger partial charge in [-0.15, -0.1) is 0 Å². The fraction of sp³-hybridized carbons (Fsp3) is 0.588. The monoisotopic (exact) mass is 385 g/mol. The van der Waals surface area contributed by atoms with Crippen molar-refractivity contribution in [3.05, 3.63) is 24.0 Å². The lowest BCUT2D eigenvalue weighted by atomic mass is 9.86. The first-order valence-corrected chi connectivity index (χ1v) is 11.0. The second-order valence-electron chi connectivity index (χ2n) is 6.94. The Morgan fingerprint density at radius 1 is 1.28 bits per heavy atom. The third-order valence-corrected chi connectivity index (χ3v) is 7.48. The van der Waals surface area contributed by atoms with Crippen LogP contribution in [-0.2, 0) is 10.0 Å². The predicted octanol–water partition coefficient (Wildman–Crippen LogP) is 3.73. The number of hydrogen-bond acceptors (Lipinski definition) is 5. The minimum absolute atomic E-state index is 0.243. The van der Waals surface area contributed by atoms with Crippen molar-refractivity contribution in [2.45, 2.75) is 50.8 Å². The van der Waals surface area contributed by atoms with Crippen LogP contribution in [0.15, 0.2) is 18.2 Å². The quantitative estimate of drug-likeness (QED) is 0.795. The molecule has 1 heterocycles. The van der Waals surface area contributed by atoms with Crippen LogP contribution in [0.5, 0.6) is 0 Å². The van der Waals surface area contributed by atoms with E-state index < -0.39 is 15.3 Å². The van der Waals surface area contributed by atoms with E-state index in [0.29, 0.717) is 18.5 Å². The van der Waals surface area contributed by atoms with Gasteiger partial charge in [-0.25, -0.2) is 22.5 Å². The molecule has 0 atom stereocenters. The highest BCUT2D eigenvalue weighted by Gasteiger charge is 2.24. The molecule has 1 fully saturated rings. The molecule has 1 aromatic carbocycles. The van der Waals surface area contributed by atoms with E-state index in [1.54, 1.807) is 19.9 Å². The largest absolute Gasteiger partial charge is 0.359 e. The van der Waals surface area contributed by atoms with Crippen LogP contribution in [-0.4, -0.2) is 31.2 Å². The highest BCUT2D eigenvalue weighted by molar-refractivity contribution is 7.90. The van der Waals surface area contributed by atoms with E-state index in [0.717, 1.165) is 41.0 Å². The zero-order chi connectivity index (χ0) is 18.0. The van der Waals surface area contributed by atoms with Gasteiger partial charge in [-0.3, -0.25) is 0 Å². The fourth-order valence-electron chi connectivity index (χ4n) is 3.05. The van der Waals surface area contributed by atoms with Gasteiger partial charge in [0.05, 0.1) is 15.5 Å². The summed E-state index contributed by atoms with van der Waals surface area (Å²) in [5, 5.41) is 3.88. The Hall–Kier alpha value is -1.25. The normalized spacial score (nSPS) is 21.8. The Kier molecular flexibility index (Phi) is 5.60. The summed E-state index contributed by atoms with van der Waals surface area (Å²) in [5.41, 5.74) is 0.811. The van der Waals surface area contributed by atoms with Crippen LogP contribution in [0.4, 0.5) is 9.52 Å². The molecule has 5 nitrogen and oxygen atoms in total. The molecule has 2 N–H and O–H groups in total. The van der Waals surface area contributed by atoms with E-state index in [2.05, 4.69) is 15.0 Å². The van der Waals surface area contributed by atoms with Crippen molar-refractivity contribution in [3.8, 4) is 0 Å². The Balaban J connectivity index is 1.50. The van der Waals surface area contributed by atoms with E-state index in [4.69, 9.17) is 0 Å². The summed E-state index contributed by atoms with van der Waals surface area (Å²) in [4.78, 5) is 4.50. The molecule has 8 heteroatoms. The molecule has 0 radical (unpaired) electrons. The van der Waals surface area contributed by atoms with E-state index in [9.17, 15) is 12.8 Å². The number of halogens is 1. The maximum atomic E-state index is 13.3. The Morgan fingerprint density at radius 2 is 2.00 bits per heavy atom. The maximum absolute atomic E-state index is 13.3. The first-order valence-electron chi connectivity index (χ1n) is 8.64. The van der Waals surface area contributed by atoms with Crippen molar-refractivity contribution in [2.75, 3.05) is 11.9 Å². The van der Waals surface area contributed by atoms with Crippen LogP contribution in [0, 0.1) is 11.7 Å². The lowest BCUT2D eigenvalue weighted by Crippen LogP contribution is -2.37. The van der Waals surface area contributed by atoms with Crippen LogP contribution < -0.4 is 10.0 Å². The van der Waals surface area contributed by atoms with Crippen LogP contribution >= 0.6 is 11.3 Å². The fourth-order valence-corrected chi connectivity index (χ4v) is 4.82. The lowest BCUT2D eigenvalue weighted by Gasteiger charge is -2.29. The SMILES string of the molecule is CC(C)S(=O)(=O)NC[C@H]1CC[C@@H](Nc2nc3ccc(F)cc3s2)CC1. The second-order valence-corrected chi connectivity index (χ2v) is 10.3. The average molecular weight is 386 g/mol. The summed E-state index contributed by atoms with van der Waals surface area (Å²) >= 11 is 1.47. The molecular weight excluding hydrogens is 361 g/mol. The van der Waals surface area contributed by atoms with Crippen molar-refractivity contribution in [3.63, 3.8) is 0 Å². The summed E-state index contributed by atoms with van der Waals surface area (Å²) in [6.45, 7) is 3.90. The molecule has 3 rings (SSSR count). The van der Waals surface area contributed by atoms with Gasteiger partial charge in [0.1, 0.15) is 5.82 Å². The van der Waals surface area contributed by atoms with E-state index >= 15 is 0 Å². The molecule has 2 aromatic rings. The molecule has 0 spiro atoms. The van der Waals surface area contributed by atoms with Gasteiger partial charge in [0.2, 0.25) is 10.0 Å². The average Bonchev–Trinajstić information content (AvgIpc) is 2.95. The van der Waals surface area contributed by atoms with Crippen molar-refractivity contribution in [1.29, 1.82) is 0 Å². The molecule has 1 aromatic heterocycles. The number of thiazole rings is 1. The minimum atomic E-state index is -3.18. The van der Waals surface area contributed by atoms with Crippen LogP contribution in [0.3, 0.4) is 0 Å². The molecule has 25 heavy (non-hydrogen) atoms. The highest BCUT2D eigenvalue weighted by atomic mass is 32.2. The number of nitrogens with one attached hydrogen (secondary N) is 2. The number of rotatable bonds is 6. The summed E-state index contributed by atoms with van der Waals surface area (Å²) in [5.74, 6) is 0.142. The molecule has 1 saturated carbocycles. The van der Waals surface area contributed by atoms with Gasteiger partial charge >= 0.3 is 0 Å². The number of anilines is 1. The van der Waals surface area contributed by atoms with Crippen LogP contribution in [0.25, 0.3) is 10.2 Å². The first kappa shape index (κ1) is 18.5. The van der Waals surface area contributed by atoms with Gasteiger partial charge in [-0.05, 0) is 63.6 Å². The van der Waals surface area contributed by atoms with Gasteiger partial charge in [-0.2, -0.15) is 0 Å². The number of hydrogen-bond donors (Lipinski definition) is 2. The van der Waals surface area contributed by atoms with Gasteiger partial charge in [0.15, 0.2) is 5.13 Å². The van der Waals surface area contributed by atoms with Crippen molar-refractivity contribution in [2.24, 2.45) is 5.92 Å². The van der Waals surface area contributed by atoms with Gasteiger partial charge in [0.25, 0.3) is 0 Å². The number of fused-ring (bicyclic) bond motifs is 1. The lowest BCUT2D eigenvalue weighted by molar-refractivity contribution is 0.337. The highest BCUT2D eigenvalue weighted by Crippen LogP contribution is 2.30. The Labute approximate surface area is 152 Å². The summed E-state index contributed by atoms with van der Waals surface area (Å²) in [6, 6.07) is 4.97. The molecular formula is C17H24FN3O2S2. The van der Waals surface area contributed by atoms with Gasteiger partial charge in [-0.1, -0.05) is 11.3 Å². The third-order valence-electron chi connectivity index (χ3n) is 4.72. The number of aromatic nitrogens is 1. The molecule has 1 aliphatic rings. The second kappa shape index (κ2) is 7.55. The number of sulfonamides is 1. The van der Waals surface area contributed by atoms with Gasteiger partial charge in [0, 0.05) is 12.6 Å². The first-order chi connectivity index (χ1) is 11.8. The molecule has 0 aliphatic heterocycles. The smallest absolute Gasteiger partial charge is 0.213 e. The van der Waals surface area contributed by atoms with E-state index in [1.807, 2.05) is 0 Å². The van der Waals surface area contributed by atoms with Crippen molar-refractivity contribution < 1.29 is 12.8 Å². The number of benzene rings is 1. The molecule has 138 valence electrons. The molecule has 0 saturated heterocycles. The van der Waals surface area contributed by atoms with E-state index in [1.165, 1.54) is 23.5 Å². The van der Waals surface area contributed by atoms with Crippen LogP contribution in [0.1, 0.15) is 39.5 Å².